The second kappa shape index (κ2) is 11.0. The van der Waals surface area contributed by atoms with E-state index in [1.165, 1.54) is 18.2 Å². The zero-order valence-electron chi connectivity index (χ0n) is 20.1. The molecule has 12 heteroatoms. The highest BCUT2D eigenvalue weighted by Crippen LogP contribution is 2.41. The standard InChI is InChI=1S/C26H21Cl2N3O6S/c1-3-37-24-18(27)9-6-10-20(24)29-26(33)17-13-15-7-4-5-8-16(15)22(23(17)32)31-30-21-12-14(2)11-19(28)25(21)38(34,35)36/h4-13,32H,3H2,1-2H3,(H,29,33)(H,34,35,36). The molecule has 0 aliphatic rings. The minimum Gasteiger partial charge on any atom is -0.505 e. The molecular weight excluding hydrogens is 553 g/mol. The summed E-state index contributed by atoms with van der Waals surface area (Å²) in [6.45, 7) is 3.74. The maximum atomic E-state index is 13.3. The van der Waals surface area contributed by atoms with Gasteiger partial charge in [0, 0.05) is 5.39 Å². The van der Waals surface area contributed by atoms with E-state index in [0.29, 0.717) is 33.7 Å². The number of nitrogens with zero attached hydrogens (tertiary/aromatic N) is 2. The van der Waals surface area contributed by atoms with Crippen molar-refractivity contribution in [2.75, 3.05) is 11.9 Å². The lowest BCUT2D eigenvalue weighted by molar-refractivity contribution is 0.102. The summed E-state index contributed by atoms with van der Waals surface area (Å²) in [5.41, 5.74) is 0.397. The number of aromatic hydroxyl groups is 1. The maximum Gasteiger partial charge on any atom is 0.298 e. The Labute approximate surface area is 228 Å². The lowest BCUT2D eigenvalue weighted by Crippen LogP contribution is -2.13. The van der Waals surface area contributed by atoms with E-state index >= 15 is 0 Å². The third kappa shape index (κ3) is 5.58. The summed E-state index contributed by atoms with van der Waals surface area (Å²) in [6.07, 6.45) is 0. The Morgan fingerprint density at radius 3 is 2.47 bits per heavy atom. The van der Waals surface area contributed by atoms with Crippen molar-refractivity contribution in [1.82, 2.24) is 0 Å². The van der Waals surface area contributed by atoms with Gasteiger partial charge < -0.3 is 15.2 Å². The highest BCUT2D eigenvalue weighted by atomic mass is 35.5. The molecule has 0 spiro atoms. The number of azo groups is 1. The number of phenolic OH excluding ortho intramolecular Hbond substituents is 1. The zero-order chi connectivity index (χ0) is 27.6. The summed E-state index contributed by atoms with van der Waals surface area (Å²) in [4.78, 5) is 12.6. The molecule has 0 atom stereocenters. The molecule has 4 rings (SSSR count). The Hall–Kier alpha value is -3.70. The van der Waals surface area contributed by atoms with Crippen molar-refractivity contribution in [2.45, 2.75) is 18.7 Å². The van der Waals surface area contributed by atoms with E-state index in [1.807, 2.05) is 0 Å². The predicted molar refractivity (Wildman–Crippen MR) is 146 cm³/mol. The number of carbonyl (C=O) groups excluding carboxylic acids is 1. The van der Waals surface area contributed by atoms with Crippen LogP contribution in [0.15, 0.2) is 75.8 Å². The van der Waals surface area contributed by atoms with E-state index in [0.717, 1.165) is 0 Å². The van der Waals surface area contributed by atoms with Gasteiger partial charge in [0.2, 0.25) is 0 Å². The number of halogens is 2. The van der Waals surface area contributed by atoms with Crippen LogP contribution < -0.4 is 10.1 Å². The first kappa shape index (κ1) is 27.3. The molecule has 4 aromatic carbocycles. The second-order valence-corrected chi connectivity index (χ2v) is 10.3. The second-order valence-electron chi connectivity index (χ2n) is 8.12. The van der Waals surface area contributed by atoms with Crippen LogP contribution in [-0.2, 0) is 10.1 Å². The lowest BCUT2D eigenvalue weighted by Gasteiger charge is -2.14. The molecule has 0 unspecified atom stereocenters. The largest absolute Gasteiger partial charge is 0.505 e. The first-order chi connectivity index (χ1) is 18.0. The summed E-state index contributed by atoms with van der Waals surface area (Å²) in [5.74, 6) is -0.901. The Morgan fingerprint density at radius 2 is 1.76 bits per heavy atom. The summed E-state index contributed by atoms with van der Waals surface area (Å²) in [7, 11) is -4.74. The third-order valence-corrected chi connectivity index (χ3v) is 7.08. The van der Waals surface area contributed by atoms with Gasteiger partial charge in [0.1, 0.15) is 16.3 Å². The van der Waals surface area contributed by atoms with Crippen LogP contribution in [0.5, 0.6) is 11.5 Å². The Kier molecular flexibility index (Phi) is 7.89. The molecular formula is C26H21Cl2N3O6S. The Morgan fingerprint density at radius 1 is 1.03 bits per heavy atom. The van der Waals surface area contributed by atoms with Crippen molar-refractivity contribution in [1.29, 1.82) is 0 Å². The number of amides is 1. The quantitative estimate of drug-likeness (QED) is 0.155. The van der Waals surface area contributed by atoms with Gasteiger partial charge in [-0.2, -0.15) is 8.42 Å². The van der Waals surface area contributed by atoms with Crippen LogP contribution in [0.3, 0.4) is 0 Å². The van der Waals surface area contributed by atoms with Gasteiger partial charge in [-0.3, -0.25) is 9.35 Å². The van der Waals surface area contributed by atoms with Crippen LogP contribution in [-0.4, -0.2) is 30.6 Å². The van der Waals surface area contributed by atoms with Crippen molar-refractivity contribution in [3.8, 4) is 11.5 Å². The molecule has 0 bridgehead atoms. The fourth-order valence-electron chi connectivity index (χ4n) is 3.82. The van der Waals surface area contributed by atoms with Crippen LogP contribution in [0, 0.1) is 6.92 Å². The average Bonchev–Trinajstić information content (AvgIpc) is 2.84. The minimum absolute atomic E-state index is 0.0942. The van der Waals surface area contributed by atoms with E-state index in [-0.39, 0.29) is 27.7 Å². The van der Waals surface area contributed by atoms with Crippen LogP contribution in [0.25, 0.3) is 10.8 Å². The number of rotatable bonds is 7. The van der Waals surface area contributed by atoms with Gasteiger partial charge in [-0.25, -0.2) is 0 Å². The number of benzene rings is 4. The highest BCUT2D eigenvalue weighted by molar-refractivity contribution is 7.86. The van der Waals surface area contributed by atoms with Gasteiger partial charge >= 0.3 is 0 Å². The average molecular weight is 574 g/mol. The van der Waals surface area contributed by atoms with E-state index in [1.54, 1.807) is 56.3 Å². The first-order valence-corrected chi connectivity index (χ1v) is 13.4. The van der Waals surface area contributed by atoms with Gasteiger partial charge in [0.15, 0.2) is 11.5 Å². The summed E-state index contributed by atoms with van der Waals surface area (Å²) in [5, 5.41) is 22.9. The Bertz CT molecular complexity index is 1710. The van der Waals surface area contributed by atoms with E-state index in [2.05, 4.69) is 15.5 Å². The van der Waals surface area contributed by atoms with Crippen molar-refractivity contribution in [2.24, 2.45) is 10.2 Å². The number of ether oxygens (including phenoxy) is 1. The van der Waals surface area contributed by atoms with Gasteiger partial charge in [-0.1, -0.05) is 53.5 Å². The third-order valence-electron chi connectivity index (χ3n) is 5.43. The van der Waals surface area contributed by atoms with Crippen LogP contribution in [0.1, 0.15) is 22.8 Å². The number of carbonyl (C=O) groups is 1. The molecule has 38 heavy (non-hydrogen) atoms. The fourth-order valence-corrected chi connectivity index (χ4v) is 5.28. The molecule has 0 saturated carbocycles. The van der Waals surface area contributed by atoms with Crippen LogP contribution >= 0.6 is 23.2 Å². The van der Waals surface area contributed by atoms with Crippen molar-refractivity contribution in [3.05, 3.63) is 81.8 Å². The molecule has 3 N–H and O–H groups in total. The molecule has 0 aromatic heterocycles. The molecule has 4 aromatic rings. The number of para-hydroxylation sites is 1. The molecule has 9 nitrogen and oxygen atoms in total. The molecule has 0 fully saturated rings. The maximum absolute atomic E-state index is 13.3. The van der Waals surface area contributed by atoms with Gasteiger partial charge in [0.25, 0.3) is 16.0 Å². The van der Waals surface area contributed by atoms with Crippen molar-refractivity contribution >= 4 is 67.1 Å². The van der Waals surface area contributed by atoms with Crippen LogP contribution in [0.4, 0.5) is 17.1 Å². The summed E-state index contributed by atoms with van der Waals surface area (Å²) >= 11 is 12.3. The molecule has 0 saturated heterocycles. The smallest absolute Gasteiger partial charge is 0.298 e. The fraction of sp³-hybridized carbons (Fsp3) is 0.115. The van der Waals surface area contributed by atoms with E-state index in [9.17, 15) is 22.9 Å². The number of nitrogens with one attached hydrogen (secondary N) is 1. The van der Waals surface area contributed by atoms with Crippen molar-refractivity contribution in [3.63, 3.8) is 0 Å². The van der Waals surface area contributed by atoms with Crippen molar-refractivity contribution < 1.29 is 27.6 Å². The zero-order valence-corrected chi connectivity index (χ0v) is 22.4. The monoisotopic (exact) mass is 573 g/mol. The molecule has 196 valence electrons. The number of hydrogen-bond acceptors (Lipinski definition) is 7. The topological polar surface area (TPSA) is 138 Å². The van der Waals surface area contributed by atoms with E-state index in [4.69, 9.17) is 27.9 Å². The molecule has 1 amide bonds. The normalized spacial score (nSPS) is 11.7. The molecule has 0 heterocycles. The highest BCUT2D eigenvalue weighted by Gasteiger charge is 2.23. The van der Waals surface area contributed by atoms with Crippen LogP contribution in [0.2, 0.25) is 10.0 Å². The Balaban J connectivity index is 1.84. The first-order valence-electron chi connectivity index (χ1n) is 11.2. The lowest BCUT2D eigenvalue weighted by atomic mass is 10.0. The van der Waals surface area contributed by atoms with Gasteiger partial charge in [0.05, 0.1) is 27.9 Å². The van der Waals surface area contributed by atoms with Gasteiger partial charge in [-0.15, -0.1) is 10.2 Å². The summed E-state index contributed by atoms with van der Waals surface area (Å²) in [6, 6.07) is 15.9. The molecule has 0 radical (unpaired) electrons. The number of fused-ring (bicyclic) bond motifs is 1. The number of aryl methyl sites for hydroxylation is 1. The number of hydrogen-bond donors (Lipinski definition) is 3. The van der Waals surface area contributed by atoms with Gasteiger partial charge in [-0.05, 0) is 55.1 Å². The molecule has 0 aliphatic heterocycles. The molecule has 0 aliphatic carbocycles. The minimum atomic E-state index is -4.74. The summed E-state index contributed by atoms with van der Waals surface area (Å²) < 4.78 is 39.1. The SMILES string of the molecule is CCOc1c(Cl)cccc1NC(=O)c1cc2ccccc2c(N=Nc2cc(C)cc(Cl)c2S(=O)(=O)O)c1O. The van der Waals surface area contributed by atoms with E-state index < -0.39 is 26.7 Å². The number of anilines is 1. The number of phenols is 1. The predicted octanol–water partition coefficient (Wildman–Crippen LogP) is 7.47.